The Morgan fingerprint density at radius 1 is 0.971 bits per heavy atom. The normalized spacial score (nSPS) is 12.1. The fourth-order valence-electron chi connectivity index (χ4n) is 4.18. The predicted octanol–water partition coefficient (Wildman–Crippen LogP) is 4.69. The number of hydrogen-bond donors (Lipinski definition) is 2. The molecule has 3 aromatic carbocycles. The first-order valence-corrected chi connectivity index (χ1v) is 11.0. The van der Waals surface area contributed by atoms with Crippen LogP contribution in [-0.4, -0.2) is 35.1 Å². The maximum Gasteiger partial charge on any atom is 0.278 e. The van der Waals surface area contributed by atoms with Gasteiger partial charge in [-0.15, -0.1) is 5.10 Å². The minimum atomic E-state index is -0.334. The van der Waals surface area contributed by atoms with Gasteiger partial charge in [0.1, 0.15) is 17.2 Å². The molecule has 2 N–H and O–H groups in total. The summed E-state index contributed by atoms with van der Waals surface area (Å²) in [5, 5.41) is 14.8. The molecule has 1 aliphatic heterocycles. The van der Waals surface area contributed by atoms with Crippen molar-refractivity contribution < 1.29 is 14.3 Å². The van der Waals surface area contributed by atoms with Crippen LogP contribution >= 0.6 is 0 Å². The molecule has 0 radical (unpaired) electrons. The van der Waals surface area contributed by atoms with E-state index < -0.39 is 0 Å². The second kappa shape index (κ2) is 8.90. The number of methoxy groups -OCH3 is 2. The lowest BCUT2D eigenvalue weighted by Crippen LogP contribution is -2.14. The smallest absolute Gasteiger partial charge is 0.278 e. The zero-order valence-electron chi connectivity index (χ0n) is 19.3. The molecule has 0 atom stereocenters. The first-order valence-electron chi connectivity index (χ1n) is 11.0. The van der Waals surface area contributed by atoms with E-state index >= 15 is 0 Å². The van der Waals surface area contributed by atoms with Crippen LogP contribution in [0.15, 0.2) is 60.7 Å². The summed E-state index contributed by atoms with van der Waals surface area (Å²) >= 11 is 0. The number of rotatable bonds is 5. The van der Waals surface area contributed by atoms with Gasteiger partial charge >= 0.3 is 0 Å². The number of anilines is 3. The van der Waals surface area contributed by atoms with Gasteiger partial charge in [-0.1, -0.05) is 29.5 Å². The van der Waals surface area contributed by atoms with Crippen molar-refractivity contribution in [3.63, 3.8) is 0 Å². The molecule has 0 saturated heterocycles. The maximum atomic E-state index is 13.1. The van der Waals surface area contributed by atoms with Gasteiger partial charge in [0.05, 0.1) is 19.9 Å². The van der Waals surface area contributed by atoms with Gasteiger partial charge < -0.3 is 20.1 Å². The summed E-state index contributed by atoms with van der Waals surface area (Å²) in [5.41, 5.74) is 6.72. The van der Waals surface area contributed by atoms with Gasteiger partial charge in [0.25, 0.3) is 5.91 Å². The molecule has 0 fully saturated rings. The van der Waals surface area contributed by atoms with E-state index in [0.717, 1.165) is 24.2 Å². The zero-order valence-corrected chi connectivity index (χ0v) is 19.3. The topological polar surface area (TPSA) is 90.3 Å². The molecule has 8 heteroatoms. The minimum Gasteiger partial charge on any atom is -0.497 e. The summed E-state index contributed by atoms with van der Waals surface area (Å²) in [6, 6.07) is 19.6. The molecule has 0 aliphatic carbocycles. The average Bonchev–Trinajstić information content (AvgIpc) is 3.14. The molecule has 0 spiro atoms. The number of nitrogens with zero attached hydrogens (tertiary/aromatic N) is 3. The molecule has 0 saturated carbocycles. The SMILES string of the molecule is COc1ccc(OC)c(-n2nnc(C(=O)Nc3ccc4c(c3)Nc3ccccc3CC4)c2C)c1. The number of aromatic nitrogens is 3. The van der Waals surface area contributed by atoms with Gasteiger partial charge in [-0.3, -0.25) is 4.79 Å². The summed E-state index contributed by atoms with van der Waals surface area (Å²) in [6.07, 6.45) is 1.90. The lowest BCUT2D eigenvalue weighted by atomic mass is 10.0. The summed E-state index contributed by atoms with van der Waals surface area (Å²) in [4.78, 5) is 13.1. The van der Waals surface area contributed by atoms with Crippen molar-refractivity contribution in [2.45, 2.75) is 19.8 Å². The highest BCUT2D eigenvalue weighted by Crippen LogP contribution is 2.32. The Bertz CT molecular complexity index is 1380. The lowest BCUT2D eigenvalue weighted by Gasteiger charge is -2.12. The fraction of sp³-hybridized carbons (Fsp3) is 0.192. The van der Waals surface area contributed by atoms with Crippen LogP contribution in [0.25, 0.3) is 5.69 Å². The third-order valence-electron chi connectivity index (χ3n) is 6.04. The van der Waals surface area contributed by atoms with Crippen molar-refractivity contribution in [1.29, 1.82) is 0 Å². The Balaban J connectivity index is 1.41. The van der Waals surface area contributed by atoms with Crippen molar-refractivity contribution in [2.75, 3.05) is 24.9 Å². The number of aryl methyl sites for hydroxylation is 2. The predicted molar refractivity (Wildman–Crippen MR) is 131 cm³/mol. The van der Waals surface area contributed by atoms with Gasteiger partial charge in [-0.2, -0.15) is 0 Å². The molecule has 8 nitrogen and oxygen atoms in total. The summed E-state index contributed by atoms with van der Waals surface area (Å²) in [5.74, 6) is 0.910. The van der Waals surface area contributed by atoms with E-state index in [1.807, 2.05) is 18.2 Å². The Hall–Kier alpha value is -4.33. The summed E-state index contributed by atoms with van der Waals surface area (Å²) in [6.45, 7) is 1.79. The number of carbonyl (C=O) groups excluding carboxylic acids is 1. The van der Waals surface area contributed by atoms with E-state index in [0.29, 0.717) is 28.6 Å². The third-order valence-corrected chi connectivity index (χ3v) is 6.04. The average molecular weight is 456 g/mol. The molecule has 1 amide bonds. The molecule has 0 bridgehead atoms. The molecular formula is C26H25N5O3. The van der Waals surface area contributed by atoms with Crippen LogP contribution in [0.1, 0.15) is 27.3 Å². The van der Waals surface area contributed by atoms with Crippen LogP contribution in [-0.2, 0) is 12.8 Å². The molecule has 172 valence electrons. The van der Waals surface area contributed by atoms with Gasteiger partial charge in [-0.25, -0.2) is 4.68 Å². The number of hydrogen-bond acceptors (Lipinski definition) is 6. The number of para-hydroxylation sites is 1. The first-order chi connectivity index (χ1) is 16.6. The van der Waals surface area contributed by atoms with Crippen LogP contribution in [0.3, 0.4) is 0 Å². The van der Waals surface area contributed by atoms with Crippen molar-refractivity contribution in [3.8, 4) is 17.2 Å². The number of ether oxygens (including phenoxy) is 2. The van der Waals surface area contributed by atoms with Crippen LogP contribution in [0.5, 0.6) is 11.5 Å². The van der Waals surface area contributed by atoms with E-state index in [4.69, 9.17) is 9.47 Å². The number of nitrogens with one attached hydrogen (secondary N) is 2. The molecule has 4 aromatic rings. The molecule has 2 heterocycles. The molecule has 5 rings (SSSR count). The highest BCUT2D eigenvalue weighted by Gasteiger charge is 2.21. The maximum absolute atomic E-state index is 13.1. The Kier molecular flexibility index (Phi) is 5.63. The standard InChI is InChI=1S/C26H25N5O3/c1-16-25(29-30-31(16)23-15-20(33-2)12-13-24(23)34-3)26(32)27-19-11-10-18-9-8-17-6-4-5-7-21(17)28-22(18)14-19/h4-7,10-15,28H,8-9H2,1-3H3,(H,27,32). The second-order valence-electron chi connectivity index (χ2n) is 8.08. The highest BCUT2D eigenvalue weighted by atomic mass is 16.5. The van der Waals surface area contributed by atoms with E-state index in [2.05, 4.69) is 45.2 Å². The Morgan fingerprint density at radius 3 is 2.56 bits per heavy atom. The largest absolute Gasteiger partial charge is 0.497 e. The molecule has 1 aliphatic rings. The Morgan fingerprint density at radius 2 is 1.76 bits per heavy atom. The molecule has 1 aromatic heterocycles. The number of fused-ring (bicyclic) bond motifs is 2. The summed E-state index contributed by atoms with van der Waals surface area (Å²) < 4.78 is 12.4. The van der Waals surface area contributed by atoms with Crippen LogP contribution in [0.4, 0.5) is 17.1 Å². The van der Waals surface area contributed by atoms with E-state index in [1.165, 1.54) is 11.1 Å². The number of benzene rings is 3. The van der Waals surface area contributed by atoms with Crippen molar-refractivity contribution in [3.05, 3.63) is 83.2 Å². The minimum absolute atomic E-state index is 0.234. The summed E-state index contributed by atoms with van der Waals surface area (Å²) in [7, 11) is 3.17. The molecular weight excluding hydrogens is 430 g/mol. The van der Waals surface area contributed by atoms with Gasteiger partial charge in [0.2, 0.25) is 0 Å². The molecule has 34 heavy (non-hydrogen) atoms. The van der Waals surface area contributed by atoms with Crippen LogP contribution < -0.4 is 20.1 Å². The van der Waals surface area contributed by atoms with E-state index in [-0.39, 0.29) is 11.6 Å². The third kappa shape index (κ3) is 3.94. The van der Waals surface area contributed by atoms with Crippen molar-refractivity contribution in [2.24, 2.45) is 0 Å². The monoisotopic (exact) mass is 455 g/mol. The van der Waals surface area contributed by atoms with Gasteiger partial charge in [-0.05, 0) is 61.2 Å². The van der Waals surface area contributed by atoms with E-state index in [9.17, 15) is 4.79 Å². The first kappa shape index (κ1) is 21.5. The second-order valence-corrected chi connectivity index (χ2v) is 8.08. The quantitative estimate of drug-likeness (QED) is 0.454. The molecule has 0 unspecified atom stereocenters. The van der Waals surface area contributed by atoms with E-state index in [1.54, 1.807) is 44.0 Å². The Labute approximate surface area is 197 Å². The van der Waals surface area contributed by atoms with Crippen LogP contribution in [0, 0.1) is 6.92 Å². The fourth-order valence-corrected chi connectivity index (χ4v) is 4.18. The lowest BCUT2D eigenvalue weighted by molar-refractivity contribution is 0.102. The van der Waals surface area contributed by atoms with Crippen molar-refractivity contribution in [1.82, 2.24) is 15.0 Å². The highest BCUT2D eigenvalue weighted by molar-refractivity contribution is 6.04. The zero-order chi connectivity index (χ0) is 23.7. The van der Waals surface area contributed by atoms with Crippen molar-refractivity contribution >= 4 is 23.0 Å². The van der Waals surface area contributed by atoms with Gasteiger partial charge in [0, 0.05) is 23.1 Å². The van der Waals surface area contributed by atoms with Gasteiger partial charge in [0.15, 0.2) is 5.69 Å². The number of amides is 1. The van der Waals surface area contributed by atoms with Crippen LogP contribution in [0.2, 0.25) is 0 Å². The number of carbonyl (C=O) groups is 1.